The first-order chi connectivity index (χ1) is 17.8. The lowest BCUT2D eigenvalue weighted by atomic mass is 10.3. The molecular weight excluding hydrogens is 680 g/mol. The Labute approximate surface area is 235 Å². The van der Waals surface area contributed by atoms with Crippen molar-refractivity contribution >= 4 is 76.7 Å². The highest BCUT2D eigenvalue weighted by atomic mass is 79.9. The highest BCUT2D eigenvalue weighted by molar-refractivity contribution is 9.10. The van der Waals surface area contributed by atoms with Gasteiger partial charge in [-0.15, -0.1) is 11.8 Å². The average molecular weight is 696 g/mol. The second-order valence-corrected chi connectivity index (χ2v) is 11.7. The van der Waals surface area contributed by atoms with Gasteiger partial charge in [0.05, 0.1) is 8.95 Å². The van der Waals surface area contributed by atoms with Gasteiger partial charge in [-0.1, -0.05) is 0 Å². The maximum atomic E-state index is 13.0. The fourth-order valence-corrected chi connectivity index (χ4v) is 5.57. The van der Waals surface area contributed by atoms with E-state index >= 15 is 0 Å². The van der Waals surface area contributed by atoms with Crippen molar-refractivity contribution in [3.05, 3.63) is 81.0 Å². The summed E-state index contributed by atoms with van der Waals surface area (Å²) in [5.41, 5.74) is 0.339. The molecule has 0 aliphatic rings. The summed E-state index contributed by atoms with van der Waals surface area (Å²) in [6.07, 6.45) is 5.68. The fraction of sp³-hybridized carbons (Fsp3) is 0.0909. The highest BCUT2D eigenvalue weighted by Crippen LogP contribution is 2.25. The number of rotatable bonds is 6. The molecule has 2 heterocycles. The zero-order valence-electron chi connectivity index (χ0n) is 19.3. The first-order valence-electron chi connectivity index (χ1n) is 10.1. The van der Waals surface area contributed by atoms with Crippen LogP contribution in [-0.4, -0.2) is 40.9 Å². The van der Waals surface area contributed by atoms with E-state index in [4.69, 9.17) is 0 Å². The molecule has 38 heavy (non-hydrogen) atoms. The summed E-state index contributed by atoms with van der Waals surface area (Å²) in [7, 11) is -3.55. The van der Waals surface area contributed by atoms with Gasteiger partial charge in [0.15, 0.2) is 14.9 Å². The van der Waals surface area contributed by atoms with E-state index in [1.54, 1.807) is 6.20 Å². The molecular formula is C22H16Br2F4N6O2S2. The van der Waals surface area contributed by atoms with Crippen molar-refractivity contribution in [1.29, 1.82) is 0 Å². The number of anilines is 4. The number of benzene rings is 2. The van der Waals surface area contributed by atoms with Crippen LogP contribution in [0.3, 0.4) is 0 Å². The van der Waals surface area contributed by atoms with Gasteiger partial charge in [-0.05, 0) is 62.4 Å². The van der Waals surface area contributed by atoms with Gasteiger partial charge in [0.1, 0.15) is 28.3 Å². The number of hydrogen-bond acceptors (Lipinski definition) is 9. The lowest BCUT2D eigenvalue weighted by Gasteiger charge is -2.07. The molecule has 0 radical (unpaired) electrons. The zero-order valence-corrected chi connectivity index (χ0v) is 24.1. The van der Waals surface area contributed by atoms with Gasteiger partial charge in [0.25, 0.3) is 0 Å². The molecule has 0 atom stereocenters. The Bertz CT molecular complexity index is 1540. The Balaban J connectivity index is 0.000000212. The fourth-order valence-electron chi connectivity index (χ4n) is 2.74. The Hall–Kier alpha value is -2.82. The molecule has 2 N–H and O–H groups in total. The molecule has 200 valence electrons. The smallest absolute Gasteiger partial charge is 0.228 e. The molecule has 8 nitrogen and oxygen atoms in total. The largest absolute Gasteiger partial charge is 0.324 e. The number of thioether (sulfide) groups is 1. The Kier molecular flexibility index (Phi) is 10.0. The zero-order chi connectivity index (χ0) is 28.0. The van der Waals surface area contributed by atoms with Gasteiger partial charge in [0, 0.05) is 42.2 Å². The Morgan fingerprint density at radius 3 is 1.58 bits per heavy atom. The summed E-state index contributed by atoms with van der Waals surface area (Å²) in [6.45, 7) is 0. The topological polar surface area (TPSA) is 110 Å². The number of aromatic nitrogens is 4. The minimum Gasteiger partial charge on any atom is -0.324 e. The van der Waals surface area contributed by atoms with Crippen LogP contribution in [0, 0.1) is 23.3 Å². The molecule has 4 aromatic rings. The Morgan fingerprint density at radius 1 is 0.737 bits per heavy atom. The molecule has 2 aromatic heterocycles. The predicted molar refractivity (Wildman–Crippen MR) is 144 cm³/mol. The van der Waals surface area contributed by atoms with Gasteiger partial charge in [-0.2, -0.15) is 4.98 Å². The van der Waals surface area contributed by atoms with Crippen LogP contribution in [0.4, 0.5) is 40.8 Å². The van der Waals surface area contributed by atoms with E-state index in [2.05, 4.69) is 62.4 Å². The third-order valence-corrected chi connectivity index (χ3v) is 7.60. The molecule has 0 aliphatic carbocycles. The lowest BCUT2D eigenvalue weighted by molar-refractivity contribution is 0.583. The maximum absolute atomic E-state index is 13.0. The molecule has 0 unspecified atom stereocenters. The summed E-state index contributed by atoms with van der Waals surface area (Å²) < 4.78 is 76.1. The predicted octanol–water partition coefficient (Wildman–Crippen LogP) is 6.65. The maximum Gasteiger partial charge on any atom is 0.228 e. The van der Waals surface area contributed by atoms with E-state index in [0.717, 1.165) is 40.0 Å². The van der Waals surface area contributed by atoms with Gasteiger partial charge in [0.2, 0.25) is 11.9 Å². The van der Waals surface area contributed by atoms with Crippen LogP contribution >= 0.6 is 43.6 Å². The van der Waals surface area contributed by atoms with Crippen molar-refractivity contribution in [3.8, 4) is 0 Å². The first kappa shape index (κ1) is 29.7. The standard InChI is InChI=1S/C11H8BrF2N3O2S.C11H8BrF2N3S/c1-20(18,19)10-9(12)5-15-11(17-10)16-8-3-6(13)2-7(14)4-8;1-18-10-9(12)5-15-11(17-10)16-8-3-6(13)2-7(14)4-8/h2-5H,1H3,(H,15,16,17);2-5H,1H3,(H,15,16,17). The molecule has 2 aromatic carbocycles. The highest BCUT2D eigenvalue weighted by Gasteiger charge is 2.16. The number of nitrogens with zero attached hydrogens (tertiary/aromatic N) is 4. The van der Waals surface area contributed by atoms with E-state index in [1.165, 1.54) is 30.1 Å². The van der Waals surface area contributed by atoms with E-state index in [9.17, 15) is 26.0 Å². The summed E-state index contributed by atoms with van der Waals surface area (Å²) in [5, 5.41) is 5.81. The molecule has 0 saturated carbocycles. The van der Waals surface area contributed by atoms with Crippen LogP contribution < -0.4 is 10.6 Å². The van der Waals surface area contributed by atoms with Crippen LogP contribution in [0.2, 0.25) is 0 Å². The van der Waals surface area contributed by atoms with Crippen LogP contribution in [0.25, 0.3) is 0 Å². The van der Waals surface area contributed by atoms with E-state index in [0.29, 0.717) is 0 Å². The third kappa shape index (κ3) is 8.61. The van der Waals surface area contributed by atoms with Crippen molar-refractivity contribution in [1.82, 2.24) is 19.9 Å². The molecule has 0 amide bonds. The van der Waals surface area contributed by atoms with Crippen LogP contribution in [0.1, 0.15) is 0 Å². The molecule has 0 fully saturated rings. The second kappa shape index (κ2) is 12.8. The first-order valence-corrected chi connectivity index (χ1v) is 14.8. The van der Waals surface area contributed by atoms with Crippen LogP contribution in [0.15, 0.2) is 67.8 Å². The van der Waals surface area contributed by atoms with E-state index in [1.807, 2.05) is 6.26 Å². The SMILES string of the molecule is CS(=O)(=O)c1nc(Nc2cc(F)cc(F)c2)ncc1Br.CSc1nc(Nc2cc(F)cc(F)c2)ncc1Br. The minimum absolute atomic E-state index is 0.0734. The monoisotopic (exact) mass is 694 g/mol. The van der Waals surface area contributed by atoms with Gasteiger partial charge in [-0.25, -0.2) is 40.9 Å². The summed E-state index contributed by atoms with van der Waals surface area (Å²) in [5.74, 6) is -2.65. The van der Waals surface area contributed by atoms with Crippen molar-refractivity contribution in [2.45, 2.75) is 10.1 Å². The number of nitrogens with one attached hydrogen (secondary N) is 2. The van der Waals surface area contributed by atoms with Crippen LogP contribution in [0.5, 0.6) is 0 Å². The van der Waals surface area contributed by atoms with Crippen LogP contribution in [-0.2, 0) is 9.84 Å². The molecule has 0 spiro atoms. The lowest BCUT2D eigenvalue weighted by Crippen LogP contribution is -2.06. The van der Waals surface area contributed by atoms with Crippen molar-refractivity contribution in [2.75, 3.05) is 23.1 Å². The van der Waals surface area contributed by atoms with Crippen molar-refractivity contribution in [3.63, 3.8) is 0 Å². The third-order valence-electron chi connectivity index (χ3n) is 4.21. The molecule has 0 saturated heterocycles. The number of halogens is 6. The second-order valence-electron chi connectivity index (χ2n) is 7.24. The van der Waals surface area contributed by atoms with E-state index < -0.39 is 33.1 Å². The van der Waals surface area contributed by atoms with Gasteiger partial charge < -0.3 is 10.6 Å². The minimum atomic E-state index is -3.55. The molecule has 4 rings (SSSR count). The molecule has 0 aliphatic heterocycles. The van der Waals surface area contributed by atoms with Gasteiger partial charge in [-0.3, -0.25) is 0 Å². The number of hydrogen-bond donors (Lipinski definition) is 2. The summed E-state index contributed by atoms with van der Waals surface area (Å²) in [6, 6.07) is 5.94. The average Bonchev–Trinajstić information content (AvgIpc) is 2.80. The number of sulfone groups is 1. The van der Waals surface area contributed by atoms with E-state index in [-0.39, 0.29) is 32.8 Å². The Morgan fingerprint density at radius 2 is 1.16 bits per heavy atom. The van der Waals surface area contributed by atoms with Crippen molar-refractivity contribution < 1.29 is 26.0 Å². The molecule has 16 heteroatoms. The summed E-state index contributed by atoms with van der Waals surface area (Å²) >= 11 is 7.77. The van der Waals surface area contributed by atoms with Crippen molar-refractivity contribution in [2.24, 2.45) is 0 Å². The molecule has 0 bridgehead atoms. The van der Waals surface area contributed by atoms with Gasteiger partial charge >= 0.3 is 0 Å². The normalized spacial score (nSPS) is 10.9. The summed E-state index contributed by atoms with van der Waals surface area (Å²) in [4.78, 5) is 15.8. The quantitative estimate of drug-likeness (QED) is 0.130.